The monoisotopic (exact) mass is 312 g/mol. The Balaban J connectivity index is 2.02. The van der Waals surface area contributed by atoms with E-state index >= 15 is 0 Å². The Labute approximate surface area is 127 Å². The van der Waals surface area contributed by atoms with E-state index in [-0.39, 0.29) is 0 Å². The molecule has 0 radical (unpaired) electrons. The van der Waals surface area contributed by atoms with Crippen molar-refractivity contribution in [2.24, 2.45) is 4.88 Å². The van der Waals surface area contributed by atoms with Gasteiger partial charge in [0, 0.05) is 27.6 Å². The van der Waals surface area contributed by atoms with E-state index in [2.05, 4.69) is 9.80 Å². The number of benzene rings is 2. The predicted molar refractivity (Wildman–Crippen MR) is 86.0 cm³/mol. The molecular formula is C15H13N4O2P. The van der Waals surface area contributed by atoms with Crippen LogP contribution in [0.2, 0.25) is 0 Å². The van der Waals surface area contributed by atoms with E-state index in [0.717, 1.165) is 5.56 Å². The first-order valence-corrected chi connectivity index (χ1v) is 8.21. The number of hydrogen-bond donors (Lipinski definition) is 0. The average Bonchev–Trinajstić information content (AvgIpc) is 2.56. The molecule has 1 atom stereocenters. The molecule has 2 aromatic carbocycles. The molecule has 1 aliphatic heterocycles. The highest BCUT2D eigenvalue weighted by Gasteiger charge is 2.36. The van der Waals surface area contributed by atoms with Gasteiger partial charge in [-0.1, -0.05) is 48.5 Å². The van der Waals surface area contributed by atoms with E-state index < -0.39 is 7.67 Å². The van der Waals surface area contributed by atoms with Crippen LogP contribution in [0.25, 0.3) is 16.2 Å². The van der Waals surface area contributed by atoms with Gasteiger partial charge in [-0.2, -0.15) is 0 Å². The minimum absolute atomic E-state index is 0.338. The normalized spacial score (nSPS) is 20.5. The summed E-state index contributed by atoms with van der Waals surface area (Å²) in [6.07, 6.45) is 1.82. The van der Waals surface area contributed by atoms with Gasteiger partial charge < -0.3 is 4.52 Å². The zero-order valence-corrected chi connectivity index (χ0v) is 12.5. The SMILES string of the molecule is [N-]=[N+]=N[P@]1(=O)OC(c2ccccc2)=CCN1c1ccccc1. The van der Waals surface area contributed by atoms with Crippen molar-refractivity contribution in [3.8, 4) is 0 Å². The lowest BCUT2D eigenvalue weighted by atomic mass is 10.2. The molecular weight excluding hydrogens is 299 g/mol. The Kier molecular flexibility index (Phi) is 3.88. The smallest absolute Gasteiger partial charge is 0.424 e. The zero-order valence-electron chi connectivity index (χ0n) is 11.6. The summed E-state index contributed by atoms with van der Waals surface area (Å²) >= 11 is 0. The molecule has 3 rings (SSSR count). The third-order valence-corrected chi connectivity index (χ3v) is 4.98. The molecule has 0 aromatic heterocycles. The van der Waals surface area contributed by atoms with E-state index in [1.807, 2.05) is 54.6 Å². The second-order valence-electron chi connectivity index (χ2n) is 4.61. The first kappa shape index (κ1) is 14.3. The van der Waals surface area contributed by atoms with Crippen LogP contribution in [0, 0.1) is 0 Å². The summed E-state index contributed by atoms with van der Waals surface area (Å²) in [5, 5.41) is 0. The lowest BCUT2D eigenvalue weighted by molar-refractivity contribution is 0.450. The van der Waals surface area contributed by atoms with Crippen molar-refractivity contribution in [3.05, 3.63) is 82.7 Å². The summed E-state index contributed by atoms with van der Waals surface area (Å²) in [4.78, 5) is 6.15. The van der Waals surface area contributed by atoms with Gasteiger partial charge in [0.25, 0.3) is 0 Å². The van der Waals surface area contributed by atoms with Crippen LogP contribution in [-0.2, 0) is 9.09 Å². The third-order valence-electron chi connectivity index (χ3n) is 3.24. The van der Waals surface area contributed by atoms with Crippen LogP contribution in [0.1, 0.15) is 5.56 Å². The van der Waals surface area contributed by atoms with Crippen molar-refractivity contribution in [1.29, 1.82) is 0 Å². The van der Waals surface area contributed by atoms with E-state index in [9.17, 15) is 4.57 Å². The van der Waals surface area contributed by atoms with Gasteiger partial charge in [0.05, 0.1) is 0 Å². The van der Waals surface area contributed by atoms with Crippen LogP contribution in [-0.4, -0.2) is 6.54 Å². The molecule has 0 saturated heterocycles. The standard InChI is InChI=1S/C15H13N4O2P/c16-17-18-22(20)19(14-9-5-2-6-10-14)12-11-15(21-22)13-7-3-1-4-8-13/h1-11H,12H2/t22-/m0/s1. The molecule has 1 aliphatic rings. The minimum atomic E-state index is -3.69. The maximum absolute atomic E-state index is 13.0. The van der Waals surface area contributed by atoms with Crippen LogP contribution in [0.3, 0.4) is 0 Å². The summed E-state index contributed by atoms with van der Waals surface area (Å²) in [5.74, 6) is 0.462. The Morgan fingerprint density at radius 3 is 2.36 bits per heavy atom. The summed E-state index contributed by atoms with van der Waals surface area (Å²) in [6, 6.07) is 18.4. The van der Waals surface area contributed by atoms with E-state index in [4.69, 9.17) is 10.1 Å². The predicted octanol–water partition coefficient (Wildman–Crippen LogP) is 4.98. The van der Waals surface area contributed by atoms with Crippen LogP contribution in [0.4, 0.5) is 5.69 Å². The largest absolute Gasteiger partial charge is 0.434 e. The average molecular weight is 312 g/mol. The summed E-state index contributed by atoms with van der Waals surface area (Å²) in [5.41, 5.74) is 10.2. The van der Waals surface area contributed by atoms with Gasteiger partial charge in [-0.15, -0.1) is 0 Å². The van der Waals surface area contributed by atoms with Crippen molar-refractivity contribution >= 4 is 19.1 Å². The quantitative estimate of drug-likeness (QED) is 0.347. The van der Waals surface area contributed by atoms with Crippen LogP contribution in [0.15, 0.2) is 71.6 Å². The summed E-state index contributed by atoms with van der Waals surface area (Å²) in [6.45, 7) is 0.338. The van der Waals surface area contributed by atoms with Gasteiger partial charge in [-0.05, 0) is 23.7 Å². The molecule has 1 heterocycles. The number of hydrogen-bond acceptors (Lipinski definition) is 2. The lowest BCUT2D eigenvalue weighted by Gasteiger charge is -2.33. The topological polar surface area (TPSA) is 78.3 Å². The molecule has 0 saturated carbocycles. The van der Waals surface area contributed by atoms with Crippen molar-refractivity contribution < 1.29 is 9.09 Å². The van der Waals surface area contributed by atoms with E-state index in [0.29, 0.717) is 18.0 Å². The van der Waals surface area contributed by atoms with E-state index in [1.54, 1.807) is 12.1 Å². The highest BCUT2D eigenvalue weighted by atomic mass is 31.2. The Morgan fingerprint density at radius 2 is 1.73 bits per heavy atom. The molecule has 0 N–H and O–H groups in total. The molecule has 0 spiro atoms. The molecule has 7 heteroatoms. The van der Waals surface area contributed by atoms with Gasteiger partial charge in [0.15, 0.2) is 0 Å². The molecule has 110 valence electrons. The highest BCUT2D eigenvalue weighted by Crippen LogP contribution is 2.59. The lowest BCUT2D eigenvalue weighted by Crippen LogP contribution is -2.23. The van der Waals surface area contributed by atoms with E-state index in [1.165, 1.54) is 4.67 Å². The summed E-state index contributed by atoms with van der Waals surface area (Å²) < 4.78 is 20.1. The number of rotatable bonds is 3. The first-order chi connectivity index (χ1) is 10.7. The van der Waals surface area contributed by atoms with Crippen molar-refractivity contribution in [1.82, 2.24) is 0 Å². The minimum Gasteiger partial charge on any atom is -0.424 e. The molecule has 0 aliphatic carbocycles. The Morgan fingerprint density at radius 1 is 1.09 bits per heavy atom. The maximum atomic E-state index is 13.0. The second kappa shape index (κ2) is 5.98. The van der Waals surface area contributed by atoms with Crippen molar-refractivity contribution in [2.75, 3.05) is 11.2 Å². The van der Waals surface area contributed by atoms with Gasteiger partial charge in [0.2, 0.25) is 0 Å². The third kappa shape index (κ3) is 2.70. The van der Waals surface area contributed by atoms with Gasteiger partial charge >= 0.3 is 7.67 Å². The number of azide groups is 1. The van der Waals surface area contributed by atoms with Crippen molar-refractivity contribution in [2.45, 2.75) is 0 Å². The molecule has 6 nitrogen and oxygen atoms in total. The zero-order chi connectivity index (χ0) is 15.4. The highest BCUT2D eigenvalue weighted by molar-refractivity contribution is 7.59. The Hall–Kier alpha value is -2.68. The van der Waals surface area contributed by atoms with Gasteiger partial charge in [-0.3, -0.25) is 4.67 Å². The molecule has 0 bridgehead atoms. The number of para-hydroxylation sites is 1. The molecule has 0 amide bonds. The van der Waals surface area contributed by atoms with Gasteiger partial charge in [0.1, 0.15) is 5.76 Å². The van der Waals surface area contributed by atoms with Gasteiger partial charge in [-0.25, -0.2) is 4.57 Å². The van der Waals surface area contributed by atoms with Crippen LogP contribution in [0.5, 0.6) is 0 Å². The molecule has 2 aromatic rings. The fourth-order valence-corrected chi connectivity index (χ4v) is 3.71. The summed E-state index contributed by atoms with van der Waals surface area (Å²) in [7, 11) is -3.69. The second-order valence-corrected chi connectivity index (χ2v) is 6.44. The molecule has 0 fully saturated rings. The van der Waals surface area contributed by atoms with Crippen LogP contribution < -0.4 is 4.67 Å². The molecule has 22 heavy (non-hydrogen) atoms. The fraction of sp³-hybridized carbons (Fsp3) is 0.0667. The molecule has 0 unspecified atom stereocenters. The van der Waals surface area contributed by atoms with Crippen LogP contribution >= 0.6 is 7.67 Å². The van der Waals surface area contributed by atoms with Crippen molar-refractivity contribution in [3.63, 3.8) is 0 Å². The fourth-order valence-electron chi connectivity index (χ4n) is 2.23. The number of nitrogens with zero attached hydrogens (tertiary/aromatic N) is 4. The maximum Gasteiger partial charge on any atom is 0.434 e. The number of anilines is 1. The first-order valence-electron chi connectivity index (χ1n) is 6.68. The Bertz CT molecular complexity index is 786.